The summed E-state index contributed by atoms with van der Waals surface area (Å²) in [5, 5.41) is 8.63. The molecule has 0 saturated heterocycles. The van der Waals surface area contributed by atoms with Crippen molar-refractivity contribution < 1.29 is 18.6 Å². The topological polar surface area (TPSA) is 29.5 Å². The van der Waals surface area contributed by atoms with Gasteiger partial charge in [0.15, 0.2) is 0 Å². The van der Waals surface area contributed by atoms with Crippen LogP contribution in [0.3, 0.4) is 0 Å². The number of hydrogen-bond donors (Lipinski definition) is 1. The predicted molar refractivity (Wildman–Crippen MR) is 75.7 cm³/mol. The minimum atomic E-state index is -0.624. The minimum Gasteiger partial charge on any atom is -0.489 e. The van der Waals surface area contributed by atoms with Gasteiger partial charge in [-0.2, -0.15) is 0 Å². The van der Waals surface area contributed by atoms with Crippen LogP contribution in [0.25, 0.3) is 0 Å². The van der Waals surface area contributed by atoms with Gasteiger partial charge in [-0.15, -0.1) is 0 Å². The Hall–Kier alpha value is -2.38. The first-order valence-electron chi connectivity index (χ1n) is 6.46. The van der Waals surface area contributed by atoms with Gasteiger partial charge in [-0.3, -0.25) is 0 Å². The molecule has 0 amide bonds. The summed E-state index contributed by atoms with van der Waals surface area (Å²) in [6.07, 6.45) is 0.421. The molecule has 0 spiro atoms. The van der Waals surface area contributed by atoms with Gasteiger partial charge in [-0.05, 0) is 36.4 Å². The highest BCUT2D eigenvalue weighted by atomic mass is 19.1. The lowest BCUT2D eigenvalue weighted by atomic mass is 10.2. The van der Waals surface area contributed by atoms with Crippen molar-refractivity contribution in [3.05, 3.63) is 65.2 Å². The third-order valence-electron chi connectivity index (χ3n) is 2.77. The molecule has 0 aliphatic heterocycles. The molecule has 0 aliphatic carbocycles. The number of hydrogen-bond acceptors (Lipinski definition) is 2. The first-order valence-corrected chi connectivity index (χ1v) is 6.46. The van der Waals surface area contributed by atoms with Crippen molar-refractivity contribution >= 4 is 0 Å². The average Bonchev–Trinajstić information content (AvgIpc) is 2.48. The van der Waals surface area contributed by atoms with Crippen LogP contribution in [0.4, 0.5) is 8.78 Å². The Morgan fingerprint density at radius 3 is 2.29 bits per heavy atom. The lowest BCUT2D eigenvalue weighted by Crippen LogP contribution is -2.01. The van der Waals surface area contributed by atoms with Crippen LogP contribution in [0.2, 0.25) is 0 Å². The summed E-state index contributed by atoms with van der Waals surface area (Å²) in [4.78, 5) is 0. The van der Waals surface area contributed by atoms with Crippen LogP contribution in [0.1, 0.15) is 17.5 Å². The SMILES string of the molecule is OCCC#Cc1ccc(OCc2c(F)cccc2F)cc1. The molecule has 2 nitrogen and oxygen atoms in total. The van der Waals surface area contributed by atoms with Gasteiger partial charge < -0.3 is 9.84 Å². The summed E-state index contributed by atoms with van der Waals surface area (Å²) in [6, 6.07) is 10.6. The summed E-state index contributed by atoms with van der Waals surface area (Å²) in [5.41, 5.74) is 0.692. The lowest BCUT2D eigenvalue weighted by Gasteiger charge is -2.08. The van der Waals surface area contributed by atoms with Crippen LogP contribution in [-0.4, -0.2) is 11.7 Å². The van der Waals surface area contributed by atoms with Crippen LogP contribution < -0.4 is 4.74 Å². The maximum atomic E-state index is 13.4. The fourth-order valence-electron chi connectivity index (χ4n) is 1.68. The quantitative estimate of drug-likeness (QED) is 0.875. The van der Waals surface area contributed by atoms with Gasteiger partial charge >= 0.3 is 0 Å². The highest BCUT2D eigenvalue weighted by Crippen LogP contribution is 2.17. The lowest BCUT2D eigenvalue weighted by molar-refractivity contribution is 0.292. The van der Waals surface area contributed by atoms with E-state index in [-0.39, 0.29) is 18.8 Å². The molecule has 0 fully saturated rings. The second-order valence-corrected chi connectivity index (χ2v) is 4.29. The molecule has 1 N–H and O–H groups in total. The zero-order valence-corrected chi connectivity index (χ0v) is 11.3. The third-order valence-corrected chi connectivity index (χ3v) is 2.77. The smallest absolute Gasteiger partial charge is 0.132 e. The molecule has 21 heavy (non-hydrogen) atoms. The number of benzene rings is 2. The highest BCUT2D eigenvalue weighted by molar-refractivity contribution is 5.38. The molecule has 0 saturated carbocycles. The van der Waals surface area contributed by atoms with Crippen molar-refractivity contribution in [1.82, 2.24) is 0 Å². The number of halogens is 2. The van der Waals surface area contributed by atoms with E-state index in [0.29, 0.717) is 12.2 Å². The van der Waals surface area contributed by atoms with E-state index in [4.69, 9.17) is 9.84 Å². The van der Waals surface area contributed by atoms with Crippen molar-refractivity contribution in [3.8, 4) is 17.6 Å². The van der Waals surface area contributed by atoms with Crippen molar-refractivity contribution in [2.24, 2.45) is 0 Å². The highest BCUT2D eigenvalue weighted by Gasteiger charge is 2.08. The van der Waals surface area contributed by atoms with Crippen LogP contribution >= 0.6 is 0 Å². The Morgan fingerprint density at radius 2 is 1.67 bits per heavy atom. The van der Waals surface area contributed by atoms with E-state index in [1.165, 1.54) is 18.2 Å². The Bertz CT molecular complexity index is 634. The van der Waals surface area contributed by atoms with Crippen LogP contribution in [0.15, 0.2) is 42.5 Å². The summed E-state index contributed by atoms with van der Waals surface area (Å²) in [5.74, 6) is 4.94. The molecule has 0 aliphatic rings. The molecular formula is C17H14F2O2. The zero-order valence-electron chi connectivity index (χ0n) is 11.3. The van der Waals surface area contributed by atoms with Gasteiger partial charge in [0.1, 0.15) is 24.0 Å². The fourth-order valence-corrected chi connectivity index (χ4v) is 1.68. The Kier molecular flexibility index (Phi) is 5.30. The maximum Gasteiger partial charge on any atom is 0.132 e. The van der Waals surface area contributed by atoms with Crippen LogP contribution in [-0.2, 0) is 6.61 Å². The summed E-state index contributed by atoms with van der Waals surface area (Å²) < 4.78 is 32.2. The number of aliphatic hydroxyl groups is 1. The number of rotatable bonds is 4. The summed E-state index contributed by atoms with van der Waals surface area (Å²) >= 11 is 0. The summed E-state index contributed by atoms with van der Waals surface area (Å²) in [6.45, 7) is -0.142. The number of aliphatic hydroxyl groups excluding tert-OH is 1. The predicted octanol–water partition coefficient (Wildman–Crippen LogP) is 3.28. The van der Waals surface area contributed by atoms with E-state index in [2.05, 4.69) is 11.8 Å². The van der Waals surface area contributed by atoms with Gasteiger partial charge in [0.2, 0.25) is 0 Å². The molecular weight excluding hydrogens is 274 g/mol. The fraction of sp³-hybridized carbons (Fsp3) is 0.176. The van der Waals surface area contributed by atoms with Crippen molar-refractivity contribution in [3.63, 3.8) is 0 Å². The van der Waals surface area contributed by atoms with Gasteiger partial charge in [-0.25, -0.2) is 8.78 Å². The molecule has 0 heterocycles. The van der Waals surface area contributed by atoms with E-state index in [9.17, 15) is 8.78 Å². The molecule has 4 heteroatoms. The largest absolute Gasteiger partial charge is 0.489 e. The molecule has 108 valence electrons. The number of ether oxygens (including phenoxy) is 1. The van der Waals surface area contributed by atoms with E-state index in [1.54, 1.807) is 24.3 Å². The molecule has 0 bridgehead atoms. The summed E-state index contributed by atoms with van der Waals surface area (Å²) in [7, 11) is 0. The van der Waals surface area contributed by atoms with E-state index < -0.39 is 11.6 Å². The second-order valence-electron chi connectivity index (χ2n) is 4.29. The van der Waals surface area contributed by atoms with Crippen LogP contribution in [0.5, 0.6) is 5.75 Å². The monoisotopic (exact) mass is 288 g/mol. The Morgan fingerprint density at radius 1 is 1.00 bits per heavy atom. The molecule has 0 radical (unpaired) electrons. The average molecular weight is 288 g/mol. The minimum absolute atomic E-state index is 0.0302. The van der Waals surface area contributed by atoms with Gasteiger partial charge in [-0.1, -0.05) is 17.9 Å². The third kappa shape index (κ3) is 4.30. The zero-order chi connectivity index (χ0) is 15.1. The Balaban J connectivity index is 2.00. The van der Waals surface area contributed by atoms with E-state index in [0.717, 1.165) is 5.56 Å². The van der Waals surface area contributed by atoms with Crippen molar-refractivity contribution in [2.75, 3.05) is 6.61 Å². The molecule has 0 atom stereocenters. The molecule has 2 aromatic rings. The van der Waals surface area contributed by atoms with Gasteiger partial charge in [0.25, 0.3) is 0 Å². The molecule has 0 unspecified atom stereocenters. The van der Waals surface area contributed by atoms with Crippen molar-refractivity contribution in [1.29, 1.82) is 0 Å². The van der Waals surface area contributed by atoms with Crippen molar-refractivity contribution in [2.45, 2.75) is 13.0 Å². The molecule has 2 rings (SSSR count). The van der Waals surface area contributed by atoms with Gasteiger partial charge in [0.05, 0.1) is 12.2 Å². The Labute approximate surface area is 122 Å². The van der Waals surface area contributed by atoms with E-state index in [1.807, 2.05) is 0 Å². The van der Waals surface area contributed by atoms with Crippen LogP contribution in [0, 0.1) is 23.5 Å². The van der Waals surface area contributed by atoms with Gasteiger partial charge in [0, 0.05) is 12.0 Å². The normalized spacial score (nSPS) is 9.86. The molecule has 2 aromatic carbocycles. The standard InChI is InChI=1S/C17H14F2O2/c18-16-5-3-6-17(19)15(16)12-21-14-9-7-13(8-10-14)4-1-2-11-20/h3,5-10,20H,2,11-12H2. The van der Waals surface area contributed by atoms with E-state index >= 15 is 0 Å². The first-order chi connectivity index (χ1) is 10.2. The second kappa shape index (κ2) is 7.41. The first kappa shape index (κ1) is 15.0. The molecule has 0 aromatic heterocycles. The maximum absolute atomic E-state index is 13.4.